The number of amides is 2. The Morgan fingerprint density at radius 3 is 2.62 bits per heavy atom. The molecule has 2 amide bonds. The number of nitrogens with zero attached hydrogens (tertiary/aromatic N) is 1. The van der Waals surface area contributed by atoms with Crippen LogP contribution in [0.25, 0.3) is 0 Å². The molecule has 21 heavy (non-hydrogen) atoms. The monoisotopic (exact) mass is 294 g/mol. The van der Waals surface area contributed by atoms with Crippen molar-refractivity contribution in [3.05, 3.63) is 0 Å². The second-order valence-electron chi connectivity index (χ2n) is 7.34. The maximum Gasteiger partial charge on any atom is 0.250 e. The smallest absolute Gasteiger partial charge is 0.250 e. The van der Waals surface area contributed by atoms with Crippen molar-refractivity contribution >= 4 is 11.8 Å². The lowest BCUT2D eigenvalue weighted by atomic mass is 9.69. The van der Waals surface area contributed by atoms with Gasteiger partial charge >= 0.3 is 0 Å². The van der Waals surface area contributed by atoms with Gasteiger partial charge in [0, 0.05) is 19.5 Å². The van der Waals surface area contributed by atoms with Crippen LogP contribution >= 0.6 is 0 Å². The third kappa shape index (κ3) is 2.26. The van der Waals surface area contributed by atoms with Gasteiger partial charge in [-0.2, -0.15) is 0 Å². The normalized spacial score (nSPS) is 33.7. The van der Waals surface area contributed by atoms with Crippen LogP contribution in [-0.4, -0.2) is 36.4 Å². The molecule has 2 saturated carbocycles. The molecule has 0 unspecified atom stereocenters. The number of likely N-dealkylation sites (tertiary alicyclic amines) is 1. The first kappa shape index (κ1) is 14.8. The molecule has 1 N–H and O–H groups in total. The van der Waals surface area contributed by atoms with E-state index in [9.17, 15) is 9.59 Å². The molecule has 0 aromatic rings. The molecule has 0 radical (unpaired) electrons. The van der Waals surface area contributed by atoms with Gasteiger partial charge in [-0.1, -0.05) is 13.8 Å². The third-order valence-electron chi connectivity index (χ3n) is 6.33. The van der Waals surface area contributed by atoms with Gasteiger partial charge < -0.3 is 4.90 Å². The lowest BCUT2D eigenvalue weighted by Gasteiger charge is -2.36. The molecule has 3 fully saturated rings. The molecule has 0 aromatic carbocycles. The predicted molar refractivity (Wildman–Crippen MR) is 78.1 cm³/mol. The summed E-state index contributed by atoms with van der Waals surface area (Å²) in [5, 5.41) is 0. The molecule has 1 aliphatic heterocycles. The Kier molecular flexibility index (Phi) is 3.72. The van der Waals surface area contributed by atoms with Crippen LogP contribution in [0.5, 0.6) is 0 Å². The molecule has 1 heterocycles. The third-order valence-corrected chi connectivity index (χ3v) is 6.33. The summed E-state index contributed by atoms with van der Waals surface area (Å²) in [7, 11) is 0. The van der Waals surface area contributed by atoms with Crippen LogP contribution < -0.4 is 5.48 Å². The molecule has 2 aliphatic carbocycles. The highest BCUT2D eigenvalue weighted by Crippen LogP contribution is 2.65. The van der Waals surface area contributed by atoms with Gasteiger partial charge in [-0.25, -0.2) is 5.48 Å². The van der Waals surface area contributed by atoms with Crippen molar-refractivity contribution in [1.29, 1.82) is 0 Å². The van der Waals surface area contributed by atoms with Crippen LogP contribution in [0, 0.1) is 16.7 Å². The maximum absolute atomic E-state index is 12.6. The van der Waals surface area contributed by atoms with E-state index >= 15 is 0 Å². The molecule has 2 bridgehead atoms. The highest BCUT2D eigenvalue weighted by molar-refractivity contribution is 5.83. The number of nitrogens with one attached hydrogen (secondary N) is 1. The fraction of sp³-hybridized carbons (Fsp3) is 0.875. The minimum Gasteiger partial charge on any atom is -0.340 e. The van der Waals surface area contributed by atoms with E-state index in [1.165, 1.54) is 0 Å². The number of fused-ring (bicyclic) bond motifs is 2. The first-order valence-corrected chi connectivity index (χ1v) is 8.17. The summed E-state index contributed by atoms with van der Waals surface area (Å²) < 4.78 is 0. The molecule has 3 rings (SSSR count). The SMILES string of the molecule is CC1(C)C2CCC1(C(=O)NOCCN1CCCC1=O)CC2. The van der Waals surface area contributed by atoms with Crippen LogP contribution in [0.15, 0.2) is 0 Å². The van der Waals surface area contributed by atoms with Crippen molar-refractivity contribution in [2.75, 3.05) is 19.7 Å². The zero-order chi connectivity index (χ0) is 15.1. The van der Waals surface area contributed by atoms with Crippen LogP contribution in [0.4, 0.5) is 0 Å². The van der Waals surface area contributed by atoms with Gasteiger partial charge in [-0.05, 0) is 43.4 Å². The summed E-state index contributed by atoms with van der Waals surface area (Å²) >= 11 is 0. The van der Waals surface area contributed by atoms with Crippen molar-refractivity contribution in [3.63, 3.8) is 0 Å². The predicted octanol–water partition coefficient (Wildman–Crippen LogP) is 1.87. The Morgan fingerprint density at radius 2 is 2.10 bits per heavy atom. The minimum atomic E-state index is -0.249. The maximum atomic E-state index is 12.6. The van der Waals surface area contributed by atoms with Crippen LogP contribution in [0.2, 0.25) is 0 Å². The summed E-state index contributed by atoms with van der Waals surface area (Å²) in [5.74, 6) is 0.907. The summed E-state index contributed by atoms with van der Waals surface area (Å²) in [4.78, 5) is 31.2. The molecule has 5 nitrogen and oxygen atoms in total. The van der Waals surface area contributed by atoms with Gasteiger partial charge in [-0.3, -0.25) is 14.4 Å². The second kappa shape index (κ2) is 5.27. The Bertz CT molecular complexity index is 439. The van der Waals surface area contributed by atoms with E-state index in [4.69, 9.17) is 4.84 Å². The largest absolute Gasteiger partial charge is 0.340 e. The topological polar surface area (TPSA) is 58.6 Å². The highest BCUT2D eigenvalue weighted by Gasteiger charge is 2.62. The van der Waals surface area contributed by atoms with Crippen molar-refractivity contribution in [2.45, 2.75) is 52.4 Å². The van der Waals surface area contributed by atoms with E-state index in [1.54, 1.807) is 4.90 Å². The lowest BCUT2D eigenvalue weighted by Crippen LogP contribution is -2.46. The Morgan fingerprint density at radius 1 is 1.38 bits per heavy atom. The van der Waals surface area contributed by atoms with Crippen LogP contribution in [0.3, 0.4) is 0 Å². The Balaban J connectivity index is 1.47. The molecule has 0 aromatic heterocycles. The lowest BCUT2D eigenvalue weighted by molar-refractivity contribution is -0.149. The zero-order valence-electron chi connectivity index (χ0n) is 13.1. The van der Waals surface area contributed by atoms with E-state index in [2.05, 4.69) is 19.3 Å². The summed E-state index contributed by atoms with van der Waals surface area (Å²) in [6, 6.07) is 0. The first-order valence-electron chi connectivity index (χ1n) is 8.17. The van der Waals surface area contributed by atoms with Crippen molar-refractivity contribution in [2.24, 2.45) is 16.7 Å². The van der Waals surface area contributed by atoms with Crippen LogP contribution in [-0.2, 0) is 14.4 Å². The van der Waals surface area contributed by atoms with Gasteiger partial charge in [0.1, 0.15) is 0 Å². The van der Waals surface area contributed by atoms with E-state index in [-0.39, 0.29) is 22.6 Å². The Hall–Kier alpha value is -1.10. The van der Waals surface area contributed by atoms with E-state index in [1.807, 2.05) is 0 Å². The van der Waals surface area contributed by atoms with Gasteiger partial charge in [0.2, 0.25) is 11.8 Å². The summed E-state index contributed by atoms with van der Waals surface area (Å²) in [6.45, 7) is 6.20. The fourth-order valence-corrected chi connectivity index (χ4v) is 4.70. The van der Waals surface area contributed by atoms with Gasteiger partial charge in [0.15, 0.2) is 0 Å². The van der Waals surface area contributed by atoms with E-state index < -0.39 is 0 Å². The molecule has 0 atom stereocenters. The Labute approximate surface area is 126 Å². The summed E-state index contributed by atoms with van der Waals surface area (Å²) in [6.07, 6.45) is 5.84. The van der Waals surface area contributed by atoms with Gasteiger partial charge in [0.25, 0.3) is 0 Å². The molecule has 5 heteroatoms. The number of rotatable bonds is 5. The van der Waals surface area contributed by atoms with E-state index in [0.717, 1.165) is 38.6 Å². The number of hydrogen-bond acceptors (Lipinski definition) is 3. The van der Waals surface area contributed by atoms with Crippen molar-refractivity contribution in [1.82, 2.24) is 10.4 Å². The molecular formula is C16H26N2O3. The minimum absolute atomic E-state index is 0.0419. The van der Waals surface area contributed by atoms with Gasteiger partial charge in [0.05, 0.1) is 12.0 Å². The number of carbonyl (C=O) groups excluding carboxylic acids is 2. The zero-order valence-corrected chi connectivity index (χ0v) is 13.1. The molecular weight excluding hydrogens is 268 g/mol. The van der Waals surface area contributed by atoms with Gasteiger partial charge in [-0.15, -0.1) is 0 Å². The van der Waals surface area contributed by atoms with E-state index in [0.29, 0.717) is 25.5 Å². The molecule has 118 valence electrons. The average Bonchev–Trinajstić information content (AvgIpc) is 3.06. The number of carbonyl (C=O) groups is 2. The highest BCUT2D eigenvalue weighted by atomic mass is 16.7. The van der Waals surface area contributed by atoms with Crippen LogP contribution in [0.1, 0.15) is 52.4 Å². The second-order valence-corrected chi connectivity index (χ2v) is 7.34. The van der Waals surface area contributed by atoms with Crippen molar-refractivity contribution in [3.8, 4) is 0 Å². The number of hydroxylamine groups is 1. The quantitative estimate of drug-likeness (QED) is 0.622. The van der Waals surface area contributed by atoms with Crippen molar-refractivity contribution < 1.29 is 14.4 Å². The summed E-state index contributed by atoms with van der Waals surface area (Å²) in [5.41, 5.74) is 2.49. The fourth-order valence-electron chi connectivity index (χ4n) is 4.70. The molecule has 0 spiro atoms. The average molecular weight is 294 g/mol. The number of hydrogen-bond donors (Lipinski definition) is 1. The standard InChI is InChI=1S/C16H26N2O3/c1-15(2)12-5-7-16(15,8-6-12)14(20)17-21-11-10-18-9-3-4-13(18)19/h12H,3-11H2,1-2H3,(H,17,20). The molecule has 1 saturated heterocycles. The molecule has 3 aliphatic rings. The first-order chi connectivity index (χ1) is 9.97.